The molecule has 1 N–H and O–H groups in total. The molecule has 0 aliphatic heterocycles. The summed E-state index contributed by atoms with van der Waals surface area (Å²) >= 11 is 0. The minimum absolute atomic E-state index is 0.149. The van der Waals surface area contributed by atoms with Gasteiger partial charge in [0, 0.05) is 5.54 Å². The molecule has 1 unspecified atom stereocenters. The van der Waals surface area contributed by atoms with Crippen LogP contribution in [0.5, 0.6) is 0 Å². The number of carbonyl (C=O) groups excluding carboxylic acids is 1. The third-order valence-electron chi connectivity index (χ3n) is 2.78. The molecule has 88 valence electrons. The fraction of sp³-hybridized carbons (Fsp3) is 0.917. The van der Waals surface area contributed by atoms with Gasteiger partial charge in [0.1, 0.15) is 11.6 Å². The van der Waals surface area contributed by atoms with Gasteiger partial charge in [0.2, 0.25) is 0 Å². The molecule has 1 aliphatic carbocycles. The molecular weight excluding hydrogens is 190 g/mol. The molecule has 0 radical (unpaired) electrons. The highest BCUT2D eigenvalue weighted by atomic mass is 16.6. The van der Waals surface area contributed by atoms with Gasteiger partial charge in [0.25, 0.3) is 0 Å². The topological polar surface area (TPSA) is 38.3 Å². The second-order valence-corrected chi connectivity index (χ2v) is 5.81. The Morgan fingerprint density at radius 1 is 1.40 bits per heavy atom. The van der Waals surface area contributed by atoms with Crippen LogP contribution in [-0.4, -0.2) is 23.2 Å². The van der Waals surface area contributed by atoms with E-state index in [4.69, 9.17) is 4.74 Å². The van der Waals surface area contributed by atoms with Crippen molar-refractivity contribution in [2.24, 2.45) is 0 Å². The first-order chi connectivity index (χ1) is 6.72. The largest absolute Gasteiger partial charge is 0.459 e. The predicted octanol–water partition coefficient (Wildman–Crippen LogP) is 2.25. The Morgan fingerprint density at radius 2 is 1.93 bits per heavy atom. The SMILES string of the molecule is CC(NC1(C)CCC1)C(=O)OC(C)(C)C. The Kier molecular flexibility index (Phi) is 3.44. The lowest BCUT2D eigenvalue weighted by Crippen LogP contribution is -2.55. The monoisotopic (exact) mass is 213 g/mol. The fourth-order valence-corrected chi connectivity index (χ4v) is 1.82. The van der Waals surface area contributed by atoms with E-state index in [-0.39, 0.29) is 17.6 Å². The van der Waals surface area contributed by atoms with Crippen molar-refractivity contribution >= 4 is 5.97 Å². The van der Waals surface area contributed by atoms with Crippen molar-refractivity contribution in [3.8, 4) is 0 Å². The number of carbonyl (C=O) groups is 1. The smallest absolute Gasteiger partial charge is 0.323 e. The molecule has 1 rings (SSSR count). The number of esters is 1. The Labute approximate surface area is 92.6 Å². The van der Waals surface area contributed by atoms with Gasteiger partial charge in [0.05, 0.1) is 0 Å². The van der Waals surface area contributed by atoms with Crippen LogP contribution < -0.4 is 5.32 Å². The molecular formula is C12H23NO2. The Bertz CT molecular complexity index is 238. The molecule has 0 saturated heterocycles. The highest BCUT2D eigenvalue weighted by molar-refractivity contribution is 5.75. The van der Waals surface area contributed by atoms with Crippen molar-refractivity contribution in [1.82, 2.24) is 5.32 Å². The summed E-state index contributed by atoms with van der Waals surface area (Å²) in [6.45, 7) is 9.71. The minimum atomic E-state index is -0.395. The van der Waals surface area contributed by atoms with E-state index in [0.717, 1.165) is 12.8 Å². The average Bonchev–Trinajstić information content (AvgIpc) is 1.98. The molecule has 3 heteroatoms. The lowest BCUT2D eigenvalue weighted by Gasteiger charge is -2.41. The maximum atomic E-state index is 11.7. The van der Waals surface area contributed by atoms with Crippen molar-refractivity contribution in [3.05, 3.63) is 0 Å². The second-order valence-electron chi connectivity index (χ2n) is 5.81. The zero-order valence-corrected chi connectivity index (χ0v) is 10.5. The Morgan fingerprint density at radius 3 is 2.27 bits per heavy atom. The second kappa shape index (κ2) is 4.12. The summed E-state index contributed by atoms with van der Waals surface area (Å²) in [5.41, 5.74) is -0.246. The predicted molar refractivity (Wildman–Crippen MR) is 60.7 cm³/mol. The standard InChI is InChI=1S/C12H23NO2/c1-9(10(14)15-11(2,3)4)13-12(5)7-6-8-12/h9,13H,6-8H2,1-5H3. The van der Waals surface area contributed by atoms with Gasteiger partial charge in [-0.2, -0.15) is 0 Å². The van der Waals surface area contributed by atoms with Crippen LogP contribution in [-0.2, 0) is 9.53 Å². The van der Waals surface area contributed by atoms with Crippen LogP contribution >= 0.6 is 0 Å². The van der Waals surface area contributed by atoms with Crippen molar-refractivity contribution < 1.29 is 9.53 Å². The summed E-state index contributed by atoms with van der Waals surface area (Å²) in [7, 11) is 0. The minimum Gasteiger partial charge on any atom is -0.459 e. The summed E-state index contributed by atoms with van der Waals surface area (Å²) in [5.74, 6) is -0.157. The molecule has 1 aliphatic rings. The van der Waals surface area contributed by atoms with Crippen molar-refractivity contribution in [2.75, 3.05) is 0 Å². The van der Waals surface area contributed by atoms with Crippen LogP contribution in [0.25, 0.3) is 0 Å². The fourth-order valence-electron chi connectivity index (χ4n) is 1.82. The lowest BCUT2D eigenvalue weighted by atomic mass is 9.78. The van der Waals surface area contributed by atoms with Gasteiger partial charge < -0.3 is 4.74 Å². The summed E-state index contributed by atoms with van der Waals surface area (Å²) in [4.78, 5) is 11.7. The molecule has 1 saturated carbocycles. The zero-order valence-electron chi connectivity index (χ0n) is 10.5. The van der Waals surface area contributed by atoms with Crippen molar-refractivity contribution in [2.45, 2.75) is 71.1 Å². The van der Waals surface area contributed by atoms with Gasteiger partial charge in [0.15, 0.2) is 0 Å². The highest BCUT2D eigenvalue weighted by Crippen LogP contribution is 2.31. The molecule has 0 aromatic heterocycles. The molecule has 0 bridgehead atoms. The van der Waals surface area contributed by atoms with Crippen molar-refractivity contribution in [3.63, 3.8) is 0 Å². The van der Waals surface area contributed by atoms with E-state index >= 15 is 0 Å². The van der Waals surface area contributed by atoms with E-state index in [2.05, 4.69) is 12.2 Å². The first kappa shape index (κ1) is 12.5. The number of rotatable bonds is 3. The summed E-state index contributed by atoms with van der Waals surface area (Å²) in [6.07, 6.45) is 3.56. The first-order valence-corrected chi connectivity index (χ1v) is 5.72. The van der Waals surface area contributed by atoms with Crippen LogP contribution in [0.15, 0.2) is 0 Å². The van der Waals surface area contributed by atoms with E-state index in [1.807, 2.05) is 27.7 Å². The van der Waals surface area contributed by atoms with E-state index in [0.29, 0.717) is 0 Å². The van der Waals surface area contributed by atoms with E-state index in [9.17, 15) is 4.79 Å². The van der Waals surface area contributed by atoms with Crippen LogP contribution in [0.1, 0.15) is 53.9 Å². The van der Waals surface area contributed by atoms with Gasteiger partial charge in [-0.15, -0.1) is 0 Å². The molecule has 0 spiro atoms. The van der Waals surface area contributed by atoms with Gasteiger partial charge >= 0.3 is 5.97 Å². The average molecular weight is 213 g/mol. The molecule has 0 heterocycles. The number of ether oxygens (including phenoxy) is 1. The third kappa shape index (κ3) is 3.82. The summed E-state index contributed by atoms with van der Waals surface area (Å²) in [5, 5.41) is 3.34. The lowest BCUT2D eigenvalue weighted by molar-refractivity contribution is -0.157. The number of hydrogen-bond donors (Lipinski definition) is 1. The Balaban J connectivity index is 2.39. The normalized spacial score (nSPS) is 21.7. The molecule has 1 atom stereocenters. The third-order valence-corrected chi connectivity index (χ3v) is 2.78. The van der Waals surface area contributed by atoms with Gasteiger partial charge in [-0.3, -0.25) is 10.1 Å². The zero-order chi connectivity index (χ0) is 11.7. The first-order valence-electron chi connectivity index (χ1n) is 5.72. The molecule has 0 aromatic carbocycles. The van der Waals surface area contributed by atoms with E-state index < -0.39 is 5.60 Å². The van der Waals surface area contributed by atoms with Gasteiger partial charge in [-0.05, 0) is 53.9 Å². The van der Waals surface area contributed by atoms with Crippen molar-refractivity contribution in [1.29, 1.82) is 0 Å². The van der Waals surface area contributed by atoms with E-state index in [1.165, 1.54) is 6.42 Å². The van der Waals surface area contributed by atoms with Gasteiger partial charge in [-0.1, -0.05) is 0 Å². The Hall–Kier alpha value is -0.570. The summed E-state index contributed by atoms with van der Waals surface area (Å²) < 4.78 is 5.31. The van der Waals surface area contributed by atoms with Gasteiger partial charge in [-0.25, -0.2) is 0 Å². The van der Waals surface area contributed by atoms with Crippen LogP contribution in [0.2, 0.25) is 0 Å². The van der Waals surface area contributed by atoms with E-state index in [1.54, 1.807) is 0 Å². The molecule has 15 heavy (non-hydrogen) atoms. The van der Waals surface area contributed by atoms with Crippen LogP contribution in [0.4, 0.5) is 0 Å². The highest BCUT2D eigenvalue weighted by Gasteiger charge is 2.35. The molecule has 0 aromatic rings. The molecule has 3 nitrogen and oxygen atoms in total. The summed E-state index contributed by atoms with van der Waals surface area (Å²) in [6, 6.07) is -0.213. The number of hydrogen-bond acceptors (Lipinski definition) is 3. The quantitative estimate of drug-likeness (QED) is 0.731. The maximum Gasteiger partial charge on any atom is 0.323 e. The number of nitrogens with one attached hydrogen (secondary N) is 1. The van der Waals surface area contributed by atoms with Crippen LogP contribution in [0.3, 0.4) is 0 Å². The maximum absolute atomic E-state index is 11.7. The molecule has 0 amide bonds. The molecule has 1 fully saturated rings. The van der Waals surface area contributed by atoms with Crippen LogP contribution in [0, 0.1) is 0 Å².